The average molecular weight is 348 g/mol. The lowest BCUT2D eigenvalue weighted by Gasteiger charge is -2.09. The van der Waals surface area contributed by atoms with E-state index in [0.29, 0.717) is 5.76 Å². The van der Waals surface area contributed by atoms with Crippen molar-refractivity contribution in [1.29, 1.82) is 0 Å². The molecule has 0 spiro atoms. The maximum absolute atomic E-state index is 11.7. The van der Waals surface area contributed by atoms with Crippen molar-refractivity contribution in [3.8, 4) is 5.75 Å². The molecule has 0 fully saturated rings. The predicted octanol–water partition coefficient (Wildman–Crippen LogP) is 2.22. The molecule has 8 nitrogen and oxygen atoms in total. The molecule has 0 aliphatic carbocycles. The number of esters is 3. The Bertz CT molecular complexity index is 755. The van der Waals surface area contributed by atoms with Gasteiger partial charge in [-0.25, -0.2) is 14.4 Å². The van der Waals surface area contributed by atoms with Gasteiger partial charge < -0.3 is 23.4 Å². The average Bonchev–Trinajstić information content (AvgIpc) is 3.13. The van der Waals surface area contributed by atoms with Crippen molar-refractivity contribution in [3.05, 3.63) is 53.0 Å². The molecule has 2 rings (SSSR count). The summed E-state index contributed by atoms with van der Waals surface area (Å²) < 4.78 is 24.6. The van der Waals surface area contributed by atoms with Gasteiger partial charge in [0.05, 0.1) is 32.5 Å². The Hall–Kier alpha value is -3.29. The zero-order valence-electron chi connectivity index (χ0n) is 13.9. The molecule has 0 atom stereocenters. The lowest BCUT2D eigenvalue weighted by Crippen LogP contribution is -2.07. The standard InChI is InChI=1S/C17H16O8/c1-21-15(18)10-6-11(16(19)22-2)8-13(7-10)24-9-12-4-5-14(25-12)17(20)23-3/h4-8H,9H2,1-3H3. The van der Waals surface area contributed by atoms with Gasteiger partial charge in [0.2, 0.25) is 5.76 Å². The Kier molecular flexibility index (Phi) is 5.78. The van der Waals surface area contributed by atoms with Crippen LogP contribution in [0.4, 0.5) is 0 Å². The van der Waals surface area contributed by atoms with E-state index in [-0.39, 0.29) is 29.2 Å². The van der Waals surface area contributed by atoms with Crippen molar-refractivity contribution in [2.24, 2.45) is 0 Å². The van der Waals surface area contributed by atoms with Crippen molar-refractivity contribution in [3.63, 3.8) is 0 Å². The van der Waals surface area contributed by atoms with E-state index in [9.17, 15) is 14.4 Å². The fraction of sp³-hybridized carbons (Fsp3) is 0.235. The number of benzene rings is 1. The van der Waals surface area contributed by atoms with Crippen LogP contribution in [0.5, 0.6) is 5.75 Å². The number of carbonyl (C=O) groups excluding carboxylic acids is 3. The van der Waals surface area contributed by atoms with E-state index in [1.807, 2.05) is 0 Å². The fourth-order valence-electron chi connectivity index (χ4n) is 1.97. The minimum Gasteiger partial charge on any atom is -0.486 e. The Morgan fingerprint density at radius 1 is 0.840 bits per heavy atom. The number of hydrogen-bond donors (Lipinski definition) is 0. The summed E-state index contributed by atoms with van der Waals surface area (Å²) in [5.41, 5.74) is 0.269. The molecular formula is C17H16O8. The number of methoxy groups -OCH3 is 3. The molecule has 0 bridgehead atoms. The second-order valence-electron chi connectivity index (χ2n) is 4.78. The number of rotatable bonds is 6. The van der Waals surface area contributed by atoms with Gasteiger partial charge in [-0.05, 0) is 30.3 Å². The second-order valence-corrected chi connectivity index (χ2v) is 4.78. The minimum absolute atomic E-state index is 0.0256. The second kappa shape index (κ2) is 8.00. The fourth-order valence-corrected chi connectivity index (χ4v) is 1.97. The smallest absolute Gasteiger partial charge is 0.373 e. The van der Waals surface area contributed by atoms with Gasteiger partial charge in [-0.3, -0.25) is 0 Å². The zero-order chi connectivity index (χ0) is 18.4. The third-order valence-electron chi connectivity index (χ3n) is 3.18. The van der Waals surface area contributed by atoms with Crippen LogP contribution < -0.4 is 4.74 Å². The molecule has 0 amide bonds. The molecule has 0 unspecified atom stereocenters. The summed E-state index contributed by atoms with van der Waals surface area (Å²) in [5.74, 6) is -1.21. The largest absolute Gasteiger partial charge is 0.486 e. The minimum atomic E-state index is -0.624. The van der Waals surface area contributed by atoms with E-state index < -0.39 is 17.9 Å². The first-order chi connectivity index (χ1) is 12.0. The van der Waals surface area contributed by atoms with Gasteiger partial charge in [0.15, 0.2) is 0 Å². The summed E-state index contributed by atoms with van der Waals surface area (Å²) in [4.78, 5) is 34.8. The van der Waals surface area contributed by atoms with Gasteiger partial charge >= 0.3 is 17.9 Å². The normalized spacial score (nSPS) is 10.0. The highest BCUT2D eigenvalue weighted by atomic mass is 16.5. The first kappa shape index (κ1) is 18.1. The molecule has 132 valence electrons. The highest BCUT2D eigenvalue weighted by Crippen LogP contribution is 2.21. The van der Waals surface area contributed by atoms with Gasteiger partial charge in [0, 0.05) is 0 Å². The highest BCUT2D eigenvalue weighted by Gasteiger charge is 2.15. The van der Waals surface area contributed by atoms with Crippen molar-refractivity contribution >= 4 is 17.9 Å². The van der Waals surface area contributed by atoms with Crippen LogP contribution in [0, 0.1) is 0 Å². The third kappa shape index (κ3) is 4.37. The Labute approximate surface area is 143 Å². The van der Waals surface area contributed by atoms with E-state index in [0.717, 1.165) is 0 Å². The molecule has 1 heterocycles. The Morgan fingerprint density at radius 3 is 1.92 bits per heavy atom. The molecule has 0 radical (unpaired) electrons. The van der Waals surface area contributed by atoms with Crippen molar-refractivity contribution in [1.82, 2.24) is 0 Å². The number of hydrogen-bond acceptors (Lipinski definition) is 8. The summed E-state index contributed by atoms with van der Waals surface area (Å²) in [5, 5.41) is 0. The summed E-state index contributed by atoms with van der Waals surface area (Å²) in [7, 11) is 3.70. The van der Waals surface area contributed by atoms with Gasteiger partial charge in [-0.2, -0.15) is 0 Å². The van der Waals surface area contributed by atoms with Gasteiger partial charge in [-0.15, -0.1) is 0 Å². The van der Waals surface area contributed by atoms with E-state index in [1.54, 1.807) is 6.07 Å². The number of furan rings is 1. The number of carbonyl (C=O) groups is 3. The molecule has 8 heteroatoms. The molecule has 0 aliphatic rings. The van der Waals surface area contributed by atoms with E-state index in [4.69, 9.17) is 9.15 Å². The van der Waals surface area contributed by atoms with Crippen molar-refractivity contribution in [2.45, 2.75) is 6.61 Å². The zero-order valence-corrected chi connectivity index (χ0v) is 13.9. The molecule has 25 heavy (non-hydrogen) atoms. The van der Waals surface area contributed by atoms with Crippen LogP contribution in [-0.4, -0.2) is 39.2 Å². The van der Waals surface area contributed by atoms with Crippen LogP contribution in [-0.2, 0) is 20.8 Å². The third-order valence-corrected chi connectivity index (χ3v) is 3.18. The van der Waals surface area contributed by atoms with Crippen LogP contribution >= 0.6 is 0 Å². The predicted molar refractivity (Wildman–Crippen MR) is 83.5 cm³/mol. The Morgan fingerprint density at radius 2 is 1.40 bits per heavy atom. The molecule has 2 aromatic rings. The highest BCUT2D eigenvalue weighted by molar-refractivity contribution is 5.96. The first-order valence-electron chi connectivity index (χ1n) is 7.10. The summed E-state index contributed by atoms with van der Waals surface area (Å²) in [6.45, 7) is -0.0256. The molecule has 1 aromatic heterocycles. The summed E-state index contributed by atoms with van der Waals surface area (Å²) >= 11 is 0. The monoisotopic (exact) mass is 348 g/mol. The van der Waals surface area contributed by atoms with Gasteiger partial charge in [-0.1, -0.05) is 0 Å². The van der Waals surface area contributed by atoms with Crippen LogP contribution in [0.15, 0.2) is 34.7 Å². The van der Waals surface area contributed by atoms with Crippen LogP contribution in [0.1, 0.15) is 37.0 Å². The molecule has 0 saturated carbocycles. The van der Waals surface area contributed by atoms with Crippen LogP contribution in [0.2, 0.25) is 0 Å². The molecular weight excluding hydrogens is 332 g/mol. The van der Waals surface area contributed by atoms with Crippen LogP contribution in [0.25, 0.3) is 0 Å². The quantitative estimate of drug-likeness (QED) is 0.578. The van der Waals surface area contributed by atoms with E-state index in [2.05, 4.69) is 14.2 Å². The number of ether oxygens (including phenoxy) is 4. The molecule has 0 aliphatic heterocycles. The summed E-state index contributed by atoms with van der Waals surface area (Å²) in [6.07, 6.45) is 0. The van der Waals surface area contributed by atoms with E-state index in [1.165, 1.54) is 45.6 Å². The first-order valence-corrected chi connectivity index (χ1v) is 7.10. The Balaban J connectivity index is 2.20. The lowest BCUT2D eigenvalue weighted by atomic mass is 10.1. The van der Waals surface area contributed by atoms with Gasteiger partial charge in [0.1, 0.15) is 18.1 Å². The van der Waals surface area contributed by atoms with Gasteiger partial charge in [0.25, 0.3) is 0 Å². The van der Waals surface area contributed by atoms with E-state index >= 15 is 0 Å². The summed E-state index contributed by atoms with van der Waals surface area (Å²) in [6, 6.07) is 7.19. The lowest BCUT2D eigenvalue weighted by molar-refractivity contribution is 0.0556. The van der Waals surface area contributed by atoms with Crippen molar-refractivity contribution < 1.29 is 37.7 Å². The topological polar surface area (TPSA) is 101 Å². The van der Waals surface area contributed by atoms with Crippen LogP contribution in [0.3, 0.4) is 0 Å². The maximum atomic E-state index is 11.7. The molecule has 0 N–H and O–H groups in total. The molecule has 1 aromatic carbocycles. The van der Waals surface area contributed by atoms with Crippen molar-refractivity contribution in [2.75, 3.05) is 21.3 Å². The molecule has 0 saturated heterocycles. The maximum Gasteiger partial charge on any atom is 0.373 e. The SMILES string of the molecule is COC(=O)c1cc(OCc2ccc(C(=O)OC)o2)cc(C(=O)OC)c1.